The maximum Gasteiger partial charge on any atom is 0.414 e. The Bertz CT molecular complexity index is 535. The Morgan fingerprint density at radius 3 is 2.48 bits per heavy atom. The monoisotopic (exact) mass is 294 g/mol. The Kier molecular flexibility index (Phi) is 5.29. The lowest BCUT2D eigenvalue weighted by Gasteiger charge is -2.24. The minimum absolute atomic E-state index is 0.0322. The quantitative estimate of drug-likeness (QED) is 0.623. The van der Waals surface area contributed by atoms with Crippen molar-refractivity contribution in [3.05, 3.63) is 33.9 Å². The highest BCUT2D eigenvalue weighted by Gasteiger charge is 2.22. The van der Waals surface area contributed by atoms with Crippen molar-refractivity contribution in [2.24, 2.45) is 0 Å². The lowest BCUT2D eigenvalue weighted by Crippen LogP contribution is -2.34. The van der Waals surface area contributed by atoms with E-state index in [4.69, 9.17) is 4.74 Å². The number of rotatable bonds is 4. The van der Waals surface area contributed by atoms with Crippen LogP contribution in [0.3, 0.4) is 0 Å². The molecule has 0 aliphatic rings. The molecule has 116 valence electrons. The first-order chi connectivity index (χ1) is 9.65. The topological polar surface area (TPSA) is 72.7 Å². The van der Waals surface area contributed by atoms with E-state index >= 15 is 0 Å². The van der Waals surface area contributed by atoms with Gasteiger partial charge in [-0.2, -0.15) is 0 Å². The highest BCUT2D eigenvalue weighted by Crippen LogP contribution is 2.27. The van der Waals surface area contributed by atoms with Gasteiger partial charge in [-0.1, -0.05) is 19.4 Å². The largest absolute Gasteiger partial charge is 0.443 e. The van der Waals surface area contributed by atoms with Gasteiger partial charge in [-0.25, -0.2) is 4.79 Å². The molecule has 1 rings (SSSR count). The molecule has 0 aliphatic heterocycles. The van der Waals surface area contributed by atoms with Gasteiger partial charge < -0.3 is 4.74 Å². The van der Waals surface area contributed by atoms with Crippen molar-refractivity contribution in [2.75, 3.05) is 11.9 Å². The molecule has 1 aromatic rings. The summed E-state index contributed by atoms with van der Waals surface area (Å²) in [4.78, 5) is 24.0. The van der Waals surface area contributed by atoms with E-state index in [1.54, 1.807) is 32.9 Å². The van der Waals surface area contributed by atoms with Gasteiger partial charge in [0.15, 0.2) is 0 Å². The second-order valence-electron chi connectivity index (χ2n) is 5.86. The summed E-state index contributed by atoms with van der Waals surface area (Å²) in [6, 6.07) is 4.80. The van der Waals surface area contributed by atoms with Crippen LogP contribution >= 0.6 is 0 Å². The normalized spacial score (nSPS) is 11.1. The number of aryl methyl sites for hydroxylation is 1. The van der Waals surface area contributed by atoms with E-state index in [1.165, 1.54) is 18.0 Å². The molecule has 0 N–H and O–H groups in total. The van der Waals surface area contributed by atoms with Crippen LogP contribution in [0.4, 0.5) is 16.2 Å². The van der Waals surface area contributed by atoms with Crippen LogP contribution in [0.1, 0.15) is 39.7 Å². The predicted octanol–water partition coefficient (Wildman–Crippen LogP) is 3.92. The molecule has 1 aromatic carbocycles. The Morgan fingerprint density at radius 2 is 2.00 bits per heavy atom. The minimum Gasteiger partial charge on any atom is -0.443 e. The number of nitrogens with zero attached hydrogens (tertiary/aromatic N) is 2. The smallest absolute Gasteiger partial charge is 0.414 e. The number of hydrogen-bond acceptors (Lipinski definition) is 4. The summed E-state index contributed by atoms with van der Waals surface area (Å²) in [7, 11) is 1.53. The van der Waals surface area contributed by atoms with Crippen molar-refractivity contribution in [1.29, 1.82) is 0 Å². The molecule has 0 aromatic heterocycles. The van der Waals surface area contributed by atoms with Crippen molar-refractivity contribution in [2.45, 2.75) is 46.1 Å². The van der Waals surface area contributed by atoms with Gasteiger partial charge in [0, 0.05) is 18.7 Å². The fourth-order valence-corrected chi connectivity index (χ4v) is 1.85. The van der Waals surface area contributed by atoms with E-state index < -0.39 is 16.6 Å². The maximum absolute atomic E-state index is 12.0. The standard InChI is InChI=1S/C15H22N2O4/c1-6-7-11-8-9-12(10-13(11)17(19)20)16(5)14(18)21-15(2,3)4/h8-10H,6-7H2,1-5H3. The third-order valence-electron chi connectivity index (χ3n) is 2.84. The van der Waals surface area contributed by atoms with Gasteiger partial charge in [-0.15, -0.1) is 0 Å². The molecule has 6 nitrogen and oxygen atoms in total. The summed E-state index contributed by atoms with van der Waals surface area (Å²) in [6.45, 7) is 7.27. The zero-order valence-electron chi connectivity index (χ0n) is 13.2. The highest BCUT2D eigenvalue weighted by atomic mass is 16.6. The molecule has 21 heavy (non-hydrogen) atoms. The van der Waals surface area contributed by atoms with Gasteiger partial charge in [-0.05, 0) is 33.3 Å². The summed E-state index contributed by atoms with van der Waals surface area (Å²) in [5.41, 5.74) is 0.531. The van der Waals surface area contributed by atoms with Crippen LogP contribution in [-0.4, -0.2) is 23.7 Å². The van der Waals surface area contributed by atoms with Gasteiger partial charge >= 0.3 is 6.09 Å². The summed E-state index contributed by atoms with van der Waals surface area (Å²) in [5, 5.41) is 11.1. The fourth-order valence-electron chi connectivity index (χ4n) is 1.85. The molecule has 0 saturated heterocycles. The maximum atomic E-state index is 12.0. The van der Waals surface area contributed by atoms with E-state index in [0.29, 0.717) is 17.7 Å². The molecule has 0 heterocycles. The van der Waals surface area contributed by atoms with Crippen LogP contribution in [0.25, 0.3) is 0 Å². The molecule has 0 bridgehead atoms. The number of amides is 1. The third-order valence-corrected chi connectivity index (χ3v) is 2.84. The molecule has 0 fully saturated rings. The summed E-state index contributed by atoms with van der Waals surface area (Å²) in [5.74, 6) is 0. The van der Waals surface area contributed by atoms with Crippen molar-refractivity contribution in [3.63, 3.8) is 0 Å². The van der Waals surface area contributed by atoms with Crippen LogP contribution in [0.2, 0.25) is 0 Å². The lowest BCUT2D eigenvalue weighted by atomic mass is 10.1. The predicted molar refractivity (Wildman–Crippen MR) is 81.7 cm³/mol. The SMILES string of the molecule is CCCc1ccc(N(C)C(=O)OC(C)(C)C)cc1[N+](=O)[O-]. The first-order valence-electron chi connectivity index (χ1n) is 6.89. The van der Waals surface area contributed by atoms with Gasteiger partial charge in [0.05, 0.1) is 10.6 Å². The molecular weight excluding hydrogens is 272 g/mol. The zero-order valence-corrected chi connectivity index (χ0v) is 13.2. The number of benzene rings is 1. The molecule has 0 radical (unpaired) electrons. The number of nitro benzene ring substituents is 1. The fraction of sp³-hybridized carbons (Fsp3) is 0.533. The van der Waals surface area contributed by atoms with E-state index in [1.807, 2.05) is 6.92 Å². The minimum atomic E-state index is -0.612. The lowest BCUT2D eigenvalue weighted by molar-refractivity contribution is -0.385. The third kappa shape index (κ3) is 4.73. The van der Waals surface area contributed by atoms with Crippen molar-refractivity contribution in [1.82, 2.24) is 0 Å². The van der Waals surface area contributed by atoms with Crippen LogP contribution < -0.4 is 4.90 Å². The number of ether oxygens (including phenoxy) is 1. The highest BCUT2D eigenvalue weighted by molar-refractivity contribution is 5.87. The van der Waals surface area contributed by atoms with Crippen LogP contribution in [0, 0.1) is 10.1 Å². The molecule has 0 spiro atoms. The number of hydrogen-bond donors (Lipinski definition) is 0. The van der Waals surface area contributed by atoms with Crippen LogP contribution in [0.5, 0.6) is 0 Å². The molecule has 0 atom stereocenters. The van der Waals surface area contributed by atoms with Gasteiger partial charge in [0.2, 0.25) is 0 Å². The Hall–Kier alpha value is -2.11. The Balaban J connectivity index is 3.05. The van der Waals surface area contributed by atoms with E-state index in [0.717, 1.165) is 6.42 Å². The van der Waals surface area contributed by atoms with E-state index in [2.05, 4.69) is 0 Å². The van der Waals surface area contributed by atoms with Crippen molar-refractivity contribution < 1.29 is 14.5 Å². The van der Waals surface area contributed by atoms with Crippen LogP contribution in [-0.2, 0) is 11.2 Å². The molecule has 0 saturated carbocycles. The van der Waals surface area contributed by atoms with E-state index in [-0.39, 0.29) is 5.69 Å². The van der Waals surface area contributed by atoms with Crippen LogP contribution in [0.15, 0.2) is 18.2 Å². The summed E-state index contributed by atoms with van der Waals surface area (Å²) >= 11 is 0. The molecular formula is C15H22N2O4. The summed E-state index contributed by atoms with van der Waals surface area (Å²) < 4.78 is 5.25. The number of nitro groups is 1. The average molecular weight is 294 g/mol. The van der Waals surface area contributed by atoms with Gasteiger partial charge in [0.1, 0.15) is 5.60 Å². The Morgan fingerprint density at radius 1 is 1.38 bits per heavy atom. The number of carbonyl (C=O) groups is 1. The molecule has 0 aliphatic carbocycles. The second-order valence-corrected chi connectivity index (χ2v) is 5.86. The zero-order chi connectivity index (χ0) is 16.2. The Labute approximate surface area is 124 Å². The van der Waals surface area contributed by atoms with Crippen molar-refractivity contribution in [3.8, 4) is 0 Å². The molecule has 6 heteroatoms. The molecule has 1 amide bonds. The number of carbonyl (C=O) groups excluding carboxylic acids is 1. The molecule has 0 unspecified atom stereocenters. The van der Waals surface area contributed by atoms with Gasteiger partial charge in [0.25, 0.3) is 5.69 Å². The first kappa shape index (κ1) is 16.9. The average Bonchev–Trinajstić information content (AvgIpc) is 2.36. The summed E-state index contributed by atoms with van der Waals surface area (Å²) in [6.07, 6.45) is 0.912. The van der Waals surface area contributed by atoms with E-state index in [9.17, 15) is 14.9 Å². The van der Waals surface area contributed by atoms with Gasteiger partial charge in [-0.3, -0.25) is 15.0 Å². The van der Waals surface area contributed by atoms with Crippen molar-refractivity contribution >= 4 is 17.5 Å². The second kappa shape index (κ2) is 6.56. The first-order valence-corrected chi connectivity index (χ1v) is 6.89. The number of anilines is 1.